The molecule has 0 spiro atoms. The first kappa shape index (κ1) is 13.0. The number of ketones is 1. The topological polar surface area (TPSA) is 73.8 Å². The average Bonchev–Trinajstić information content (AvgIpc) is 2.97. The summed E-state index contributed by atoms with van der Waals surface area (Å²) in [7, 11) is 0. The van der Waals surface area contributed by atoms with Gasteiger partial charge in [0.2, 0.25) is 0 Å². The number of hydrogen-bond donors (Lipinski definition) is 1. The van der Waals surface area contributed by atoms with Gasteiger partial charge in [-0.2, -0.15) is 0 Å². The number of carbonyl (C=O) groups excluding carboxylic acids is 1. The van der Waals surface area contributed by atoms with Gasteiger partial charge in [-0.15, -0.1) is 5.10 Å². The molecule has 1 fully saturated rings. The molecule has 104 valence electrons. The van der Waals surface area contributed by atoms with Crippen molar-refractivity contribution in [1.82, 2.24) is 15.0 Å². The van der Waals surface area contributed by atoms with E-state index in [2.05, 4.69) is 10.3 Å². The lowest BCUT2D eigenvalue weighted by molar-refractivity contribution is 0.0876. The molecule has 20 heavy (non-hydrogen) atoms. The van der Waals surface area contributed by atoms with E-state index in [1.807, 2.05) is 30.3 Å². The summed E-state index contributed by atoms with van der Waals surface area (Å²) in [5.74, 6) is 0.182. The van der Waals surface area contributed by atoms with Crippen LogP contribution in [0.3, 0.4) is 0 Å². The van der Waals surface area contributed by atoms with Crippen LogP contribution in [0.5, 0.6) is 0 Å². The van der Waals surface area contributed by atoms with Crippen LogP contribution in [0.2, 0.25) is 0 Å². The Kier molecular flexibility index (Phi) is 3.60. The number of carbonyl (C=O) groups is 1. The Bertz CT molecular complexity index is 585. The van der Waals surface area contributed by atoms with E-state index < -0.39 is 0 Å². The smallest absolute Gasteiger partial charge is 0.186 e. The number of hydrogen-bond acceptors (Lipinski definition) is 4. The summed E-state index contributed by atoms with van der Waals surface area (Å²) in [6, 6.07) is 9.86. The van der Waals surface area contributed by atoms with Crippen LogP contribution in [-0.4, -0.2) is 26.8 Å². The van der Waals surface area contributed by atoms with Crippen LogP contribution in [0.1, 0.15) is 36.2 Å². The molecule has 1 heterocycles. The Hall–Kier alpha value is -2.01. The van der Waals surface area contributed by atoms with Crippen molar-refractivity contribution < 1.29 is 4.79 Å². The van der Waals surface area contributed by atoms with E-state index in [-0.39, 0.29) is 17.7 Å². The Morgan fingerprint density at radius 2 is 1.85 bits per heavy atom. The Balaban J connectivity index is 1.85. The van der Waals surface area contributed by atoms with Crippen LogP contribution < -0.4 is 5.73 Å². The summed E-state index contributed by atoms with van der Waals surface area (Å²) < 4.78 is 1.62. The minimum absolute atomic E-state index is 0.0516. The second-order valence-corrected chi connectivity index (χ2v) is 5.34. The van der Waals surface area contributed by atoms with Gasteiger partial charge in [0, 0.05) is 12.0 Å². The second kappa shape index (κ2) is 5.54. The van der Waals surface area contributed by atoms with Gasteiger partial charge in [0.25, 0.3) is 0 Å². The Morgan fingerprint density at radius 1 is 1.15 bits per heavy atom. The highest BCUT2D eigenvalue weighted by Crippen LogP contribution is 2.26. The van der Waals surface area contributed by atoms with Gasteiger partial charge in [-0.3, -0.25) is 4.79 Å². The van der Waals surface area contributed by atoms with E-state index in [4.69, 9.17) is 5.73 Å². The summed E-state index contributed by atoms with van der Waals surface area (Å²) in [4.78, 5) is 12.6. The molecule has 0 unspecified atom stereocenters. The summed E-state index contributed by atoms with van der Waals surface area (Å²) in [5, 5.41) is 7.94. The highest BCUT2D eigenvalue weighted by molar-refractivity contribution is 5.96. The summed E-state index contributed by atoms with van der Waals surface area (Å²) in [6.07, 6.45) is 5.12. The lowest BCUT2D eigenvalue weighted by atomic mass is 9.83. The van der Waals surface area contributed by atoms with Gasteiger partial charge in [-0.05, 0) is 37.8 Å². The molecule has 0 atom stereocenters. The average molecular weight is 270 g/mol. The van der Waals surface area contributed by atoms with Crippen LogP contribution in [0.25, 0.3) is 5.69 Å². The highest BCUT2D eigenvalue weighted by atomic mass is 16.1. The van der Waals surface area contributed by atoms with Crippen molar-refractivity contribution in [2.75, 3.05) is 0 Å². The largest absolute Gasteiger partial charge is 0.328 e. The fourth-order valence-corrected chi connectivity index (χ4v) is 2.75. The number of aromatic nitrogens is 3. The van der Waals surface area contributed by atoms with E-state index in [9.17, 15) is 4.79 Å². The van der Waals surface area contributed by atoms with E-state index in [1.54, 1.807) is 10.9 Å². The van der Waals surface area contributed by atoms with Crippen LogP contribution in [0.4, 0.5) is 0 Å². The Labute approximate surface area is 117 Å². The SMILES string of the molecule is NC1CCC(C(=O)c2cnnn2-c2ccccc2)CC1. The molecule has 1 aliphatic carbocycles. The molecule has 1 aromatic heterocycles. The first-order valence-corrected chi connectivity index (χ1v) is 7.01. The number of nitrogens with zero attached hydrogens (tertiary/aromatic N) is 3. The van der Waals surface area contributed by atoms with Crippen molar-refractivity contribution >= 4 is 5.78 Å². The first-order valence-electron chi connectivity index (χ1n) is 7.01. The minimum atomic E-state index is 0.0516. The molecule has 0 bridgehead atoms. The van der Waals surface area contributed by atoms with Crippen molar-refractivity contribution in [2.45, 2.75) is 31.7 Å². The van der Waals surface area contributed by atoms with Crippen LogP contribution in [-0.2, 0) is 0 Å². The molecule has 2 aromatic rings. The number of Topliss-reactive ketones (excluding diaryl/α,β-unsaturated/α-hetero) is 1. The number of rotatable bonds is 3. The lowest BCUT2D eigenvalue weighted by Gasteiger charge is -2.24. The van der Waals surface area contributed by atoms with E-state index in [0.717, 1.165) is 31.4 Å². The van der Waals surface area contributed by atoms with Crippen molar-refractivity contribution in [2.24, 2.45) is 11.7 Å². The van der Waals surface area contributed by atoms with Gasteiger partial charge in [0.05, 0.1) is 11.9 Å². The zero-order valence-corrected chi connectivity index (χ0v) is 11.3. The molecular formula is C15H18N4O. The van der Waals surface area contributed by atoms with Crippen molar-refractivity contribution in [1.29, 1.82) is 0 Å². The zero-order valence-electron chi connectivity index (χ0n) is 11.3. The van der Waals surface area contributed by atoms with Gasteiger partial charge < -0.3 is 5.73 Å². The maximum atomic E-state index is 12.6. The van der Waals surface area contributed by atoms with Gasteiger partial charge in [0.15, 0.2) is 5.78 Å². The highest BCUT2D eigenvalue weighted by Gasteiger charge is 2.28. The fourth-order valence-electron chi connectivity index (χ4n) is 2.75. The number of para-hydroxylation sites is 1. The molecule has 0 saturated heterocycles. The molecule has 0 radical (unpaired) electrons. The minimum Gasteiger partial charge on any atom is -0.328 e. The van der Waals surface area contributed by atoms with Crippen molar-refractivity contribution in [3.8, 4) is 5.69 Å². The molecule has 2 N–H and O–H groups in total. The predicted molar refractivity (Wildman–Crippen MR) is 75.6 cm³/mol. The first-order chi connectivity index (χ1) is 9.75. The summed E-state index contributed by atoms with van der Waals surface area (Å²) >= 11 is 0. The van der Waals surface area contributed by atoms with E-state index in [0.29, 0.717) is 5.69 Å². The molecule has 3 rings (SSSR count). The van der Waals surface area contributed by atoms with Gasteiger partial charge >= 0.3 is 0 Å². The maximum Gasteiger partial charge on any atom is 0.186 e. The fraction of sp³-hybridized carbons (Fsp3) is 0.400. The van der Waals surface area contributed by atoms with E-state index >= 15 is 0 Å². The van der Waals surface area contributed by atoms with Crippen LogP contribution in [0, 0.1) is 5.92 Å². The number of nitrogens with two attached hydrogens (primary N) is 1. The van der Waals surface area contributed by atoms with Gasteiger partial charge in [-0.25, -0.2) is 4.68 Å². The van der Waals surface area contributed by atoms with Gasteiger partial charge in [-0.1, -0.05) is 23.4 Å². The normalized spacial score (nSPS) is 22.6. The third-order valence-corrected chi connectivity index (χ3v) is 3.95. The third-order valence-electron chi connectivity index (χ3n) is 3.95. The second-order valence-electron chi connectivity index (χ2n) is 5.34. The van der Waals surface area contributed by atoms with Gasteiger partial charge in [0.1, 0.15) is 5.69 Å². The lowest BCUT2D eigenvalue weighted by Crippen LogP contribution is -2.30. The predicted octanol–water partition coefficient (Wildman–Crippen LogP) is 1.97. The van der Waals surface area contributed by atoms with Crippen molar-refractivity contribution in [3.05, 3.63) is 42.2 Å². The molecule has 0 amide bonds. The molecule has 1 aliphatic rings. The molecule has 1 saturated carbocycles. The van der Waals surface area contributed by atoms with Crippen LogP contribution in [0.15, 0.2) is 36.5 Å². The zero-order chi connectivity index (χ0) is 13.9. The molecule has 5 heteroatoms. The summed E-state index contributed by atoms with van der Waals surface area (Å²) in [5.41, 5.74) is 7.32. The Morgan fingerprint density at radius 3 is 2.55 bits per heavy atom. The monoisotopic (exact) mass is 270 g/mol. The molecular weight excluding hydrogens is 252 g/mol. The standard InChI is InChI=1S/C15H18N4O/c16-12-8-6-11(7-9-12)15(20)14-10-17-18-19(14)13-4-2-1-3-5-13/h1-5,10-12H,6-9,16H2. The number of benzene rings is 1. The van der Waals surface area contributed by atoms with E-state index in [1.165, 1.54) is 0 Å². The summed E-state index contributed by atoms with van der Waals surface area (Å²) in [6.45, 7) is 0. The quantitative estimate of drug-likeness (QED) is 0.865. The maximum absolute atomic E-state index is 12.6. The van der Waals surface area contributed by atoms with Crippen LogP contribution >= 0.6 is 0 Å². The van der Waals surface area contributed by atoms with Crippen molar-refractivity contribution in [3.63, 3.8) is 0 Å². The molecule has 0 aliphatic heterocycles. The third kappa shape index (κ3) is 2.49. The molecule has 1 aromatic carbocycles. The molecule has 5 nitrogen and oxygen atoms in total.